The summed E-state index contributed by atoms with van der Waals surface area (Å²) in [4.78, 5) is 6.79. The number of hydrogen-bond donors (Lipinski definition) is 1. The Morgan fingerprint density at radius 3 is 3.17 bits per heavy atom. The van der Waals surface area contributed by atoms with Gasteiger partial charge in [-0.2, -0.15) is 10.1 Å². The Kier molecular flexibility index (Phi) is 4.73. The third kappa shape index (κ3) is 3.55. The Morgan fingerprint density at radius 1 is 1.50 bits per heavy atom. The zero-order valence-electron chi connectivity index (χ0n) is 11.4. The van der Waals surface area contributed by atoms with E-state index in [1.54, 1.807) is 6.20 Å². The first-order valence-electron chi connectivity index (χ1n) is 6.98. The zero-order chi connectivity index (χ0) is 12.8. The van der Waals surface area contributed by atoms with Crippen LogP contribution < -0.4 is 10.2 Å². The lowest BCUT2D eigenvalue weighted by molar-refractivity contribution is 0.441. The summed E-state index contributed by atoms with van der Waals surface area (Å²) in [5.74, 6) is 2.33. The molecule has 1 aromatic rings. The molecule has 5 nitrogen and oxygen atoms in total. The van der Waals surface area contributed by atoms with Crippen molar-refractivity contribution in [1.29, 1.82) is 0 Å². The van der Waals surface area contributed by atoms with Crippen LogP contribution in [-0.4, -0.2) is 34.8 Å². The van der Waals surface area contributed by atoms with E-state index in [2.05, 4.69) is 39.2 Å². The standard InChI is InChI=1S/C13H23N5/c1-3-4-7-14-12-9-15-17-13(16-12)18-8-5-6-11(2)10-18/h9,11H,3-8,10H2,1-2H3,(H,14,16,17). The van der Waals surface area contributed by atoms with Crippen LogP contribution in [0, 0.1) is 5.92 Å². The van der Waals surface area contributed by atoms with Crippen LogP contribution in [0.25, 0.3) is 0 Å². The molecule has 18 heavy (non-hydrogen) atoms. The van der Waals surface area contributed by atoms with Gasteiger partial charge in [0.05, 0.1) is 6.20 Å². The minimum atomic E-state index is 0.721. The van der Waals surface area contributed by atoms with Gasteiger partial charge in [0.1, 0.15) is 0 Å². The Hall–Kier alpha value is -1.39. The molecule has 0 amide bonds. The monoisotopic (exact) mass is 249 g/mol. The Morgan fingerprint density at radius 2 is 2.39 bits per heavy atom. The van der Waals surface area contributed by atoms with Crippen LogP contribution in [0.1, 0.15) is 39.5 Å². The number of anilines is 2. The normalized spacial score (nSPS) is 19.9. The minimum Gasteiger partial charge on any atom is -0.369 e. The van der Waals surface area contributed by atoms with Crippen LogP contribution in [-0.2, 0) is 0 Å². The van der Waals surface area contributed by atoms with Crippen molar-refractivity contribution in [2.75, 3.05) is 29.9 Å². The number of rotatable bonds is 5. The van der Waals surface area contributed by atoms with Crippen LogP contribution >= 0.6 is 0 Å². The van der Waals surface area contributed by atoms with Gasteiger partial charge in [0, 0.05) is 19.6 Å². The van der Waals surface area contributed by atoms with E-state index in [0.29, 0.717) is 0 Å². The van der Waals surface area contributed by atoms with Crippen LogP contribution in [0.2, 0.25) is 0 Å². The summed E-state index contributed by atoms with van der Waals surface area (Å²) < 4.78 is 0. The summed E-state index contributed by atoms with van der Waals surface area (Å²) in [7, 11) is 0. The van der Waals surface area contributed by atoms with E-state index in [1.165, 1.54) is 19.3 Å². The third-order valence-corrected chi connectivity index (χ3v) is 3.32. The second kappa shape index (κ2) is 6.52. The predicted octanol–water partition coefficient (Wildman–Crippen LogP) is 2.32. The van der Waals surface area contributed by atoms with Crippen LogP contribution in [0.5, 0.6) is 0 Å². The summed E-state index contributed by atoms with van der Waals surface area (Å²) in [6.45, 7) is 7.50. The molecule has 1 N–H and O–H groups in total. The predicted molar refractivity (Wildman–Crippen MR) is 73.8 cm³/mol. The quantitative estimate of drug-likeness (QED) is 0.812. The van der Waals surface area contributed by atoms with E-state index in [-0.39, 0.29) is 0 Å². The van der Waals surface area contributed by atoms with Gasteiger partial charge in [0.15, 0.2) is 5.82 Å². The maximum atomic E-state index is 4.54. The molecule has 0 saturated carbocycles. The molecule has 0 bridgehead atoms. The molecule has 0 aromatic carbocycles. The van der Waals surface area contributed by atoms with Crippen LogP contribution in [0.15, 0.2) is 6.20 Å². The van der Waals surface area contributed by atoms with Crippen molar-refractivity contribution < 1.29 is 0 Å². The Bertz CT molecular complexity index is 368. The number of nitrogens with one attached hydrogen (secondary N) is 1. The number of hydrogen-bond acceptors (Lipinski definition) is 5. The van der Waals surface area contributed by atoms with E-state index in [4.69, 9.17) is 0 Å². The second-order valence-electron chi connectivity index (χ2n) is 5.12. The minimum absolute atomic E-state index is 0.721. The Labute approximate surface area is 109 Å². The number of nitrogens with zero attached hydrogens (tertiary/aromatic N) is 4. The van der Waals surface area contributed by atoms with Gasteiger partial charge in [0.2, 0.25) is 5.95 Å². The van der Waals surface area contributed by atoms with Crippen LogP contribution in [0.4, 0.5) is 11.8 Å². The maximum absolute atomic E-state index is 4.54. The maximum Gasteiger partial charge on any atom is 0.247 e. The van der Waals surface area contributed by atoms with Crippen molar-refractivity contribution >= 4 is 11.8 Å². The summed E-state index contributed by atoms with van der Waals surface area (Å²) in [6, 6.07) is 0. The summed E-state index contributed by atoms with van der Waals surface area (Å²) >= 11 is 0. The van der Waals surface area contributed by atoms with E-state index in [1.807, 2.05) is 0 Å². The van der Waals surface area contributed by atoms with Crippen molar-refractivity contribution in [2.45, 2.75) is 39.5 Å². The third-order valence-electron chi connectivity index (χ3n) is 3.32. The van der Waals surface area contributed by atoms with Crippen molar-refractivity contribution in [1.82, 2.24) is 15.2 Å². The summed E-state index contributed by atoms with van der Waals surface area (Å²) in [5.41, 5.74) is 0. The Balaban J connectivity index is 1.97. The SMILES string of the molecule is CCCCNc1cnnc(N2CCCC(C)C2)n1. The molecule has 0 aliphatic carbocycles. The lowest BCUT2D eigenvalue weighted by Gasteiger charge is -2.30. The summed E-state index contributed by atoms with van der Waals surface area (Å²) in [5, 5.41) is 11.5. The van der Waals surface area contributed by atoms with Gasteiger partial charge in [-0.3, -0.25) is 0 Å². The molecular weight excluding hydrogens is 226 g/mol. The largest absolute Gasteiger partial charge is 0.369 e. The van der Waals surface area contributed by atoms with Crippen LogP contribution in [0.3, 0.4) is 0 Å². The first-order chi connectivity index (χ1) is 8.79. The first-order valence-corrected chi connectivity index (χ1v) is 6.98. The molecule has 2 heterocycles. The molecule has 5 heteroatoms. The molecule has 1 fully saturated rings. The molecule has 100 valence electrons. The average molecular weight is 249 g/mol. The van der Waals surface area contributed by atoms with Gasteiger partial charge in [-0.25, -0.2) is 0 Å². The van der Waals surface area contributed by atoms with E-state index in [0.717, 1.165) is 43.7 Å². The molecule has 1 aliphatic heterocycles. The van der Waals surface area contributed by atoms with E-state index < -0.39 is 0 Å². The smallest absolute Gasteiger partial charge is 0.247 e. The number of piperidine rings is 1. The number of unbranched alkanes of at least 4 members (excludes halogenated alkanes) is 1. The van der Waals surface area contributed by atoms with Gasteiger partial charge in [-0.1, -0.05) is 20.3 Å². The van der Waals surface area contributed by atoms with E-state index >= 15 is 0 Å². The highest BCUT2D eigenvalue weighted by atomic mass is 15.3. The molecule has 0 spiro atoms. The molecular formula is C13H23N5. The molecule has 2 rings (SSSR count). The molecule has 1 aromatic heterocycles. The lowest BCUT2D eigenvalue weighted by atomic mass is 10.0. The first kappa shape index (κ1) is 13.1. The van der Waals surface area contributed by atoms with Gasteiger partial charge in [-0.05, 0) is 25.2 Å². The molecule has 1 atom stereocenters. The van der Waals surface area contributed by atoms with Gasteiger partial charge < -0.3 is 10.2 Å². The van der Waals surface area contributed by atoms with Crippen molar-refractivity contribution in [3.63, 3.8) is 0 Å². The topological polar surface area (TPSA) is 53.9 Å². The molecule has 1 saturated heterocycles. The molecule has 0 radical (unpaired) electrons. The van der Waals surface area contributed by atoms with Gasteiger partial charge in [-0.15, -0.1) is 5.10 Å². The fourth-order valence-electron chi connectivity index (χ4n) is 2.28. The van der Waals surface area contributed by atoms with E-state index in [9.17, 15) is 0 Å². The van der Waals surface area contributed by atoms with Crippen molar-refractivity contribution in [3.05, 3.63) is 6.20 Å². The highest BCUT2D eigenvalue weighted by Gasteiger charge is 2.19. The van der Waals surface area contributed by atoms with Crippen molar-refractivity contribution in [3.8, 4) is 0 Å². The molecule has 1 unspecified atom stereocenters. The lowest BCUT2D eigenvalue weighted by Crippen LogP contribution is -2.35. The average Bonchev–Trinajstić information content (AvgIpc) is 2.39. The second-order valence-corrected chi connectivity index (χ2v) is 5.12. The molecule has 1 aliphatic rings. The van der Waals surface area contributed by atoms with Crippen molar-refractivity contribution in [2.24, 2.45) is 5.92 Å². The highest BCUT2D eigenvalue weighted by Crippen LogP contribution is 2.19. The highest BCUT2D eigenvalue weighted by molar-refractivity contribution is 5.39. The number of aromatic nitrogens is 3. The fraction of sp³-hybridized carbons (Fsp3) is 0.769. The zero-order valence-corrected chi connectivity index (χ0v) is 11.4. The fourth-order valence-corrected chi connectivity index (χ4v) is 2.28. The van der Waals surface area contributed by atoms with Gasteiger partial charge >= 0.3 is 0 Å². The van der Waals surface area contributed by atoms with Gasteiger partial charge in [0.25, 0.3) is 0 Å². The summed E-state index contributed by atoms with van der Waals surface area (Å²) in [6.07, 6.45) is 6.56.